The van der Waals surface area contributed by atoms with Crippen molar-refractivity contribution in [2.45, 2.75) is 6.04 Å². The Kier molecular flexibility index (Phi) is 3.55. The topological polar surface area (TPSA) is 67.2 Å². The summed E-state index contributed by atoms with van der Waals surface area (Å²) in [5.74, 6) is 0. The lowest BCUT2D eigenvalue weighted by atomic mass is 10.1. The van der Waals surface area contributed by atoms with Gasteiger partial charge < -0.3 is 10.6 Å². The third kappa shape index (κ3) is 3.02. The zero-order valence-corrected chi connectivity index (χ0v) is 11.3. The Hall–Kier alpha value is -2.82. The first-order valence-corrected chi connectivity index (χ1v) is 6.74. The Morgan fingerprint density at radius 2 is 1.95 bits per heavy atom. The molecule has 0 unspecified atom stereocenters. The number of nitro benzene ring substituents is 1. The molecule has 0 saturated carbocycles. The fourth-order valence-corrected chi connectivity index (χ4v) is 2.32. The number of non-ortho nitro benzene ring substituents is 1. The van der Waals surface area contributed by atoms with E-state index >= 15 is 0 Å². The van der Waals surface area contributed by atoms with E-state index in [1.54, 1.807) is 12.1 Å². The summed E-state index contributed by atoms with van der Waals surface area (Å²) in [5, 5.41) is 17.5. The molecule has 106 valence electrons. The largest absolute Gasteiger partial charge is 0.381 e. The number of nitrogens with one attached hydrogen (secondary N) is 2. The normalized spacial score (nSPS) is 16.9. The Balaban J connectivity index is 1.73. The van der Waals surface area contributed by atoms with Crippen molar-refractivity contribution >= 4 is 23.1 Å². The Labute approximate surface area is 122 Å². The number of nitro groups is 1. The Bertz CT molecular complexity index is 697. The molecule has 5 heteroatoms. The Morgan fingerprint density at radius 3 is 2.76 bits per heavy atom. The number of rotatable bonds is 3. The highest BCUT2D eigenvalue weighted by molar-refractivity contribution is 5.72. The van der Waals surface area contributed by atoms with E-state index in [0.717, 1.165) is 23.5 Å². The maximum absolute atomic E-state index is 10.8. The van der Waals surface area contributed by atoms with Gasteiger partial charge in [0, 0.05) is 18.7 Å². The lowest BCUT2D eigenvalue weighted by Crippen LogP contribution is -2.30. The van der Waals surface area contributed by atoms with Gasteiger partial charge in [-0.05, 0) is 17.7 Å². The van der Waals surface area contributed by atoms with Gasteiger partial charge in [0.2, 0.25) is 0 Å². The SMILES string of the molecule is O=[N+]([O-])c1cccc(/C=C/[C@H]2CNc3ccccc3N2)c1. The second kappa shape index (κ2) is 5.66. The number of hydrogen-bond acceptors (Lipinski definition) is 4. The summed E-state index contributed by atoms with van der Waals surface area (Å²) < 4.78 is 0. The number of para-hydroxylation sites is 2. The second-order valence-electron chi connectivity index (χ2n) is 4.89. The van der Waals surface area contributed by atoms with Gasteiger partial charge in [0.1, 0.15) is 0 Å². The molecule has 2 N–H and O–H groups in total. The van der Waals surface area contributed by atoms with Crippen molar-refractivity contribution in [1.82, 2.24) is 0 Å². The van der Waals surface area contributed by atoms with Crippen LogP contribution in [0, 0.1) is 10.1 Å². The molecule has 0 saturated heterocycles. The van der Waals surface area contributed by atoms with Crippen molar-refractivity contribution in [1.29, 1.82) is 0 Å². The minimum Gasteiger partial charge on any atom is -0.381 e. The van der Waals surface area contributed by atoms with Crippen molar-refractivity contribution in [3.8, 4) is 0 Å². The van der Waals surface area contributed by atoms with E-state index in [1.807, 2.05) is 42.5 Å². The molecule has 0 aromatic heterocycles. The number of benzene rings is 2. The highest BCUT2D eigenvalue weighted by Gasteiger charge is 2.13. The van der Waals surface area contributed by atoms with E-state index in [2.05, 4.69) is 10.6 Å². The predicted octanol–water partition coefficient (Wildman–Crippen LogP) is 3.51. The number of nitrogens with zero attached hydrogens (tertiary/aromatic N) is 1. The third-order valence-electron chi connectivity index (χ3n) is 3.38. The predicted molar refractivity (Wildman–Crippen MR) is 84.5 cm³/mol. The highest BCUT2D eigenvalue weighted by atomic mass is 16.6. The van der Waals surface area contributed by atoms with Gasteiger partial charge in [0.25, 0.3) is 5.69 Å². The first-order valence-electron chi connectivity index (χ1n) is 6.74. The minimum atomic E-state index is -0.381. The lowest BCUT2D eigenvalue weighted by molar-refractivity contribution is -0.384. The van der Waals surface area contributed by atoms with Crippen molar-refractivity contribution in [2.24, 2.45) is 0 Å². The van der Waals surface area contributed by atoms with Crippen molar-refractivity contribution in [3.05, 3.63) is 70.3 Å². The summed E-state index contributed by atoms with van der Waals surface area (Å²) in [4.78, 5) is 10.4. The molecule has 0 aliphatic carbocycles. The first kappa shape index (κ1) is 13.2. The van der Waals surface area contributed by atoms with E-state index in [0.29, 0.717) is 0 Å². The summed E-state index contributed by atoms with van der Waals surface area (Å²) in [7, 11) is 0. The van der Waals surface area contributed by atoms with Crippen LogP contribution in [0.3, 0.4) is 0 Å². The molecule has 1 aliphatic heterocycles. The summed E-state index contributed by atoms with van der Waals surface area (Å²) in [6.45, 7) is 0.780. The van der Waals surface area contributed by atoms with Gasteiger partial charge >= 0.3 is 0 Å². The number of anilines is 2. The maximum atomic E-state index is 10.8. The van der Waals surface area contributed by atoms with Crippen LogP contribution in [0.4, 0.5) is 17.1 Å². The first-order chi connectivity index (χ1) is 10.2. The van der Waals surface area contributed by atoms with Crippen molar-refractivity contribution < 1.29 is 4.92 Å². The molecule has 1 heterocycles. The third-order valence-corrected chi connectivity index (χ3v) is 3.38. The standard InChI is InChI=1S/C16H15N3O2/c20-19(21)14-5-3-4-12(10-14)8-9-13-11-17-15-6-1-2-7-16(15)18-13/h1-10,13,17-18H,11H2/b9-8+/t13-/m0/s1. The second-order valence-corrected chi connectivity index (χ2v) is 4.89. The van der Waals surface area contributed by atoms with Gasteiger partial charge in [0.05, 0.1) is 22.3 Å². The fourth-order valence-electron chi connectivity index (χ4n) is 2.32. The number of fused-ring (bicyclic) bond motifs is 1. The minimum absolute atomic E-state index is 0.109. The van der Waals surface area contributed by atoms with Crippen LogP contribution in [-0.2, 0) is 0 Å². The quantitative estimate of drug-likeness (QED) is 0.667. The summed E-state index contributed by atoms with van der Waals surface area (Å²) in [6.07, 6.45) is 3.92. The molecule has 2 aromatic rings. The molecule has 1 aliphatic rings. The van der Waals surface area contributed by atoms with Crippen LogP contribution in [0.2, 0.25) is 0 Å². The molecule has 0 radical (unpaired) electrons. The molecule has 0 fully saturated rings. The molecular weight excluding hydrogens is 266 g/mol. The molecule has 5 nitrogen and oxygen atoms in total. The van der Waals surface area contributed by atoms with Crippen LogP contribution in [0.15, 0.2) is 54.6 Å². The zero-order chi connectivity index (χ0) is 14.7. The van der Waals surface area contributed by atoms with Crippen LogP contribution in [0.1, 0.15) is 5.56 Å². The van der Waals surface area contributed by atoms with Gasteiger partial charge in [-0.2, -0.15) is 0 Å². The van der Waals surface area contributed by atoms with E-state index in [4.69, 9.17) is 0 Å². The molecule has 21 heavy (non-hydrogen) atoms. The van der Waals surface area contributed by atoms with Crippen LogP contribution in [-0.4, -0.2) is 17.5 Å². The van der Waals surface area contributed by atoms with Crippen molar-refractivity contribution in [2.75, 3.05) is 17.2 Å². The van der Waals surface area contributed by atoms with E-state index in [1.165, 1.54) is 6.07 Å². The average Bonchev–Trinajstić information content (AvgIpc) is 2.53. The molecule has 0 amide bonds. The maximum Gasteiger partial charge on any atom is 0.270 e. The molecule has 0 spiro atoms. The van der Waals surface area contributed by atoms with Crippen LogP contribution in [0.25, 0.3) is 6.08 Å². The lowest BCUT2D eigenvalue weighted by Gasteiger charge is -2.26. The van der Waals surface area contributed by atoms with E-state index < -0.39 is 0 Å². The molecule has 2 aromatic carbocycles. The van der Waals surface area contributed by atoms with Crippen LogP contribution >= 0.6 is 0 Å². The monoisotopic (exact) mass is 281 g/mol. The smallest absolute Gasteiger partial charge is 0.270 e. The van der Waals surface area contributed by atoms with Crippen LogP contribution in [0.5, 0.6) is 0 Å². The molecule has 3 rings (SSSR count). The van der Waals surface area contributed by atoms with E-state index in [-0.39, 0.29) is 16.7 Å². The van der Waals surface area contributed by atoms with Gasteiger partial charge in [-0.1, -0.05) is 36.4 Å². The average molecular weight is 281 g/mol. The van der Waals surface area contributed by atoms with Gasteiger partial charge in [-0.15, -0.1) is 0 Å². The molecule has 1 atom stereocenters. The zero-order valence-electron chi connectivity index (χ0n) is 11.3. The van der Waals surface area contributed by atoms with Gasteiger partial charge in [-0.3, -0.25) is 10.1 Å². The van der Waals surface area contributed by atoms with Crippen molar-refractivity contribution in [3.63, 3.8) is 0 Å². The number of hydrogen-bond donors (Lipinski definition) is 2. The van der Waals surface area contributed by atoms with E-state index in [9.17, 15) is 10.1 Å². The van der Waals surface area contributed by atoms with Crippen LogP contribution < -0.4 is 10.6 Å². The highest BCUT2D eigenvalue weighted by Crippen LogP contribution is 2.25. The fraction of sp³-hybridized carbons (Fsp3) is 0.125. The van der Waals surface area contributed by atoms with Gasteiger partial charge in [-0.25, -0.2) is 0 Å². The summed E-state index contributed by atoms with van der Waals surface area (Å²) in [6, 6.07) is 14.8. The summed E-state index contributed by atoms with van der Waals surface area (Å²) >= 11 is 0. The van der Waals surface area contributed by atoms with Gasteiger partial charge in [0.15, 0.2) is 0 Å². The summed E-state index contributed by atoms with van der Waals surface area (Å²) in [5.41, 5.74) is 3.09. The Morgan fingerprint density at radius 1 is 1.14 bits per heavy atom. The molecule has 0 bridgehead atoms. The molecular formula is C16H15N3O2.